The predicted molar refractivity (Wildman–Crippen MR) is 51.2 cm³/mol. The minimum atomic E-state index is -0.422. The van der Waals surface area contributed by atoms with E-state index in [0.29, 0.717) is 5.69 Å². The number of fused-ring (bicyclic) bond motifs is 1. The first-order chi connectivity index (χ1) is 5.68. The summed E-state index contributed by atoms with van der Waals surface area (Å²) >= 11 is 7.05. The minimum absolute atomic E-state index is 0.143. The van der Waals surface area contributed by atoms with Crippen LogP contribution in [0.1, 0.15) is 0 Å². The zero-order chi connectivity index (χ0) is 8.72. The number of rotatable bonds is 0. The Morgan fingerprint density at radius 3 is 2.92 bits per heavy atom. The highest BCUT2D eigenvalue weighted by Crippen LogP contribution is 2.31. The zero-order valence-electron chi connectivity index (χ0n) is 5.97. The summed E-state index contributed by atoms with van der Waals surface area (Å²) in [5.74, 6) is -0.422. The molecule has 2 N–H and O–H groups in total. The van der Waals surface area contributed by atoms with E-state index in [0.717, 1.165) is 10.1 Å². The van der Waals surface area contributed by atoms with Crippen molar-refractivity contribution >= 4 is 38.7 Å². The highest BCUT2D eigenvalue weighted by atomic mass is 35.5. The van der Waals surface area contributed by atoms with Crippen LogP contribution >= 0.6 is 22.9 Å². The second-order valence-corrected chi connectivity index (χ2v) is 3.77. The molecule has 0 unspecified atom stereocenters. The molecular weight excluding hydrogens is 197 g/mol. The minimum Gasteiger partial charge on any atom is -0.398 e. The van der Waals surface area contributed by atoms with Gasteiger partial charge in [-0.25, -0.2) is 4.39 Å². The monoisotopic (exact) mass is 201 g/mol. The predicted octanol–water partition coefficient (Wildman–Crippen LogP) is 3.28. The highest BCUT2D eigenvalue weighted by Gasteiger charge is 2.05. The van der Waals surface area contributed by atoms with E-state index in [9.17, 15) is 4.39 Å². The summed E-state index contributed by atoms with van der Waals surface area (Å²) in [6.45, 7) is 0. The van der Waals surface area contributed by atoms with Gasteiger partial charge in [-0.15, -0.1) is 11.3 Å². The summed E-state index contributed by atoms with van der Waals surface area (Å²) < 4.78 is 13.8. The van der Waals surface area contributed by atoms with E-state index >= 15 is 0 Å². The van der Waals surface area contributed by atoms with Gasteiger partial charge in [-0.05, 0) is 12.1 Å². The van der Waals surface area contributed by atoms with E-state index in [-0.39, 0.29) is 5.02 Å². The second-order valence-electron chi connectivity index (χ2n) is 2.45. The Labute approximate surface area is 77.6 Å². The summed E-state index contributed by atoms with van der Waals surface area (Å²) in [5.41, 5.74) is 6.20. The maximum atomic E-state index is 12.9. The van der Waals surface area contributed by atoms with Crippen molar-refractivity contribution in [2.75, 3.05) is 5.73 Å². The van der Waals surface area contributed by atoms with Gasteiger partial charge in [0.2, 0.25) is 0 Å². The molecule has 1 nitrogen and oxygen atoms in total. The van der Waals surface area contributed by atoms with Gasteiger partial charge in [-0.1, -0.05) is 11.6 Å². The molecule has 2 aromatic rings. The molecule has 0 spiro atoms. The molecule has 62 valence electrons. The lowest BCUT2D eigenvalue weighted by Crippen LogP contribution is -1.81. The molecule has 1 aromatic heterocycles. The number of anilines is 1. The van der Waals surface area contributed by atoms with Crippen molar-refractivity contribution in [2.45, 2.75) is 0 Å². The molecule has 0 aliphatic heterocycles. The Bertz CT molecular complexity index is 438. The second kappa shape index (κ2) is 2.61. The molecule has 0 bridgehead atoms. The third kappa shape index (κ3) is 1.06. The molecule has 0 aliphatic carbocycles. The Balaban J connectivity index is 2.87. The average Bonchev–Trinajstić information content (AvgIpc) is 2.35. The quantitative estimate of drug-likeness (QED) is 0.696. The first-order valence-electron chi connectivity index (χ1n) is 3.30. The van der Waals surface area contributed by atoms with Crippen molar-refractivity contribution in [3.8, 4) is 0 Å². The summed E-state index contributed by atoms with van der Waals surface area (Å²) in [6, 6.07) is 2.96. The van der Waals surface area contributed by atoms with Gasteiger partial charge in [-0.2, -0.15) is 0 Å². The van der Waals surface area contributed by atoms with Crippen molar-refractivity contribution < 1.29 is 4.39 Å². The number of nitrogen functional groups attached to an aromatic ring is 1. The number of thiophene rings is 1. The van der Waals surface area contributed by atoms with E-state index in [4.69, 9.17) is 17.3 Å². The van der Waals surface area contributed by atoms with E-state index in [1.54, 1.807) is 11.4 Å². The van der Waals surface area contributed by atoms with Gasteiger partial charge in [-0.3, -0.25) is 0 Å². The van der Waals surface area contributed by atoms with Crippen molar-refractivity contribution in [3.05, 3.63) is 28.4 Å². The maximum absolute atomic E-state index is 12.9. The lowest BCUT2D eigenvalue weighted by molar-refractivity contribution is 0.630. The number of hydrogen-bond donors (Lipinski definition) is 1. The molecule has 0 aliphatic rings. The van der Waals surface area contributed by atoms with Gasteiger partial charge in [0.15, 0.2) is 0 Å². The van der Waals surface area contributed by atoms with Crippen molar-refractivity contribution in [1.82, 2.24) is 0 Å². The SMILES string of the molecule is Nc1csc2cc(Cl)c(F)cc12. The summed E-state index contributed by atoms with van der Waals surface area (Å²) in [5, 5.41) is 2.66. The lowest BCUT2D eigenvalue weighted by Gasteiger charge is -1.94. The van der Waals surface area contributed by atoms with Gasteiger partial charge in [0.05, 0.1) is 10.7 Å². The molecule has 12 heavy (non-hydrogen) atoms. The van der Waals surface area contributed by atoms with Crippen LogP contribution in [0.25, 0.3) is 10.1 Å². The van der Waals surface area contributed by atoms with Crippen molar-refractivity contribution in [2.24, 2.45) is 0 Å². The standard InChI is InChI=1S/C8H5ClFNS/c9-5-2-8-4(1-6(5)10)7(11)3-12-8/h1-3H,11H2. The largest absolute Gasteiger partial charge is 0.398 e. The first-order valence-corrected chi connectivity index (χ1v) is 4.56. The van der Waals surface area contributed by atoms with Gasteiger partial charge in [0.1, 0.15) is 5.82 Å². The van der Waals surface area contributed by atoms with Crippen LogP contribution in [0.15, 0.2) is 17.5 Å². The van der Waals surface area contributed by atoms with E-state index < -0.39 is 5.82 Å². The fourth-order valence-electron chi connectivity index (χ4n) is 1.04. The molecule has 0 saturated heterocycles. The normalized spacial score (nSPS) is 10.8. The van der Waals surface area contributed by atoms with Gasteiger partial charge >= 0.3 is 0 Å². The molecular formula is C8H5ClFNS. The van der Waals surface area contributed by atoms with Crippen molar-refractivity contribution in [3.63, 3.8) is 0 Å². The summed E-state index contributed by atoms with van der Waals surface area (Å²) in [4.78, 5) is 0. The summed E-state index contributed by atoms with van der Waals surface area (Å²) in [6.07, 6.45) is 0. The summed E-state index contributed by atoms with van der Waals surface area (Å²) in [7, 11) is 0. The topological polar surface area (TPSA) is 26.0 Å². The smallest absolute Gasteiger partial charge is 0.142 e. The fraction of sp³-hybridized carbons (Fsp3) is 0. The Kier molecular flexibility index (Phi) is 1.70. The lowest BCUT2D eigenvalue weighted by atomic mass is 10.2. The molecule has 0 saturated carbocycles. The molecule has 0 atom stereocenters. The van der Waals surface area contributed by atoms with Crippen LogP contribution in [0.4, 0.5) is 10.1 Å². The van der Waals surface area contributed by atoms with E-state index in [1.165, 1.54) is 17.4 Å². The fourth-order valence-corrected chi connectivity index (χ4v) is 2.14. The highest BCUT2D eigenvalue weighted by molar-refractivity contribution is 7.17. The van der Waals surface area contributed by atoms with Crippen LogP contribution in [0.5, 0.6) is 0 Å². The zero-order valence-corrected chi connectivity index (χ0v) is 7.55. The van der Waals surface area contributed by atoms with E-state index in [1.807, 2.05) is 0 Å². The van der Waals surface area contributed by atoms with Gasteiger partial charge in [0, 0.05) is 15.5 Å². The maximum Gasteiger partial charge on any atom is 0.142 e. The molecule has 0 radical (unpaired) electrons. The number of nitrogens with two attached hydrogens (primary N) is 1. The Hall–Kier alpha value is -0.800. The molecule has 1 aromatic carbocycles. The molecule has 1 heterocycles. The Morgan fingerprint density at radius 1 is 1.42 bits per heavy atom. The molecule has 0 fully saturated rings. The first kappa shape index (κ1) is 7.83. The molecule has 4 heteroatoms. The number of hydrogen-bond acceptors (Lipinski definition) is 2. The average molecular weight is 202 g/mol. The number of benzene rings is 1. The van der Waals surface area contributed by atoms with E-state index in [2.05, 4.69) is 0 Å². The van der Waals surface area contributed by atoms with Crippen LogP contribution < -0.4 is 5.73 Å². The van der Waals surface area contributed by atoms with Gasteiger partial charge in [0.25, 0.3) is 0 Å². The molecule has 2 rings (SSSR count). The van der Waals surface area contributed by atoms with Gasteiger partial charge < -0.3 is 5.73 Å². The number of halogens is 2. The third-order valence-electron chi connectivity index (χ3n) is 1.65. The van der Waals surface area contributed by atoms with Crippen LogP contribution in [0, 0.1) is 5.82 Å². The molecule has 0 amide bonds. The van der Waals surface area contributed by atoms with Crippen LogP contribution in [-0.2, 0) is 0 Å². The van der Waals surface area contributed by atoms with Crippen molar-refractivity contribution in [1.29, 1.82) is 0 Å². The Morgan fingerprint density at radius 2 is 2.17 bits per heavy atom. The van der Waals surface area contributed by atoms with Crippen LogP contribution in [0.3, 0.4) is 0 Å². The third-order valence-corrected chi connectivity index (χ3v) is 2.90. The van der Waals surface area contributed by atoms with Crippen LogP contribution in [-0.4, -0.2) is 0 Å². The van der Waals surface area contributed by atoms with Crippen LogP contribution in [0.2, 0.25) is 5.02 Å².